The van der Waals surface area contributed by atoms with Crippen LogP contribution >= 0.6 is 0 Å². The quantitative estimate of drug-likeness (QED) is 0.789. The van der Waals surface area contributed by atoms with Gasteiger partial charge in [-0.05, 0) is 24.6 Å². The van der Waals surface area contributed by atoms with Crippen LogP contribution in [0.2, 0.25) is 0 Å². The lowest BCUT2D eigenvalue weighted by Gasteiger charge is -2.16. The van der Waals surface area contributed by atoms with E-state index < -0.39 is 0 Å². The summed E-state index contributed by atoms with van der Waals surface area (Å²) in [5.41, 5.74) is 2.09. The number of fused-ring (bicyclic) bond motifs is 1. The number of methoxy groups -OCH3 is 1. The summed E-state index contributed by atoms with van der Waals surface area (Å²) in [6.45, 7) is 2.12. The Bertz CT molecular complexity index is 743. The maximum absolute atomic E-state index is 5.23. The van der Waals surface area contributed by atoms with Crippen molar-refractivity contribution in [2.24, 2.45) is 0 Å². The molecule has 0 amide bonds. The molecular formula is C17H17N3O. The highest BCUT2D eigenvalue weighted by molar-refractivity contribution is 5.89. The summed E-state index contributed by atoms with van der Waals surface area (Å²) in [5, 5.41) is 4.43. The first kappa shape index (κ1) is 13.4. The number of hydrogen-bond donors (Lipinski definition) is 1. The molecule has 0 bridgehead atoms. The maximum atomic E-state index is 5.23. The Labute approximate surface area is 123 Å². The minimum Gasteiger partial charge on any atom is -0.497 e. The Morgan fingerprint density at radius 2 is 1.86 bits per heavy atom. The summed E-state index contributed by atoms with van der Waals surface area (Å²) in [7, 11) is 1.65. The predicted octanol–water partition coefficient (Wildman–Crippen LogP) is 3.81. The van der Waals surface area contributed by atoms with Gasteiger partial charge in [0.25, 0.3) is 0 Å². The Balaban J connectivity index is 1.94. The number of benzene rings is 2. The molecule has 0 aliphatic carbocycles. The third-order valence-electron chi connectivity index (χ3n) is 3.50. The second-order valence-corrected chi connectivity index (χ2v) is 4.88. The molecule has 106 valence electrons. The lowest BCUT2D eigenvalue weighted by Crippen LogP contribution is -2.08. The van der Waals surface area contributed by atoms with Crippen LogP contribution in [0.5, 0.6) is 5.75 Å². The Kier molecular flexibility index (Phi) is 3.69. The average molecular weight is 279 g/mol. The molecule has 1 atom stereocenters. The number of hydrogen-bond acceptors (Lipinski definition) is 4. The summed E-state index contributed by atoms with van der Waals surface area (Å²) in [6.07, 6.45) is 1.57. The van der Waals surface area contributed by atoms with Gasteiger partial charge >= 0.3 is 0 Å². The molecule has 3 rings (SSSR count). The van der Waals surface area contributed by atoms with Gasteiger partial charge in [-0.3, -0.25) is 0 Å². The standard InChI is InChI=1S/C17H17N3O/c1-12(13-6-4-3-5-7-13)20-17-15-9-8-14(21-2)10-16(15)18-11-19-17/h3-12H,1-2H3,(H,18,19,20)/t12-/m1/s1. The van der Waals surface area contributed by atoms with Crippen molar-refractivity contribution < 1.29 is 4.74 Å². The highest BCUT2D eigenvalue weighted by Crippen LogP contribution is 2.26. The van der Waals surface area contributed by atoms with E-state index in [0.717, 1.165) is 22.5 Å². The highest BCUT2D eigenvalue weighted by Gasteiger charge is 2.09. The molecule has 1 aromatic heterocycles. The lowest BCUT2D eigenvalue weighted by molar-refractivity contribution is 0.415. The summed E-state index contributed by atoms with van der Waals surface area (Å²) in [4.78, 5) is 8.66. The van der Waals surface area contributed by atoms with Crippen molar-refractivity contribution in [2.45, 2.75) is 13.0 Å². The van der Waals surface area contributed by atoms with E-state index in [0.29, 0.717) is 0 Å². The zero-order valence-electron chi connectivity index (χ0n) is 12.1. The monoisotopic (exact) mass is 279 g/mol. The Morgan fingerprint density at radius 3 is 2.62 bits per heavy atom. The SMILES string of the molecule is COc1ccc2c(N[C@H](C)c3ccccc3)ncnc2c1. The molecule has 4 nitrogen and oxygen atoms in total. The molecule has 21 heavy (non-hydrogen) atoms. The molecule has 0 fully saturated rings. The molecule has 4 heteroatoms. The Hall–Kier alpha value is -2.62. The molecule has 0 saturated heterocycles. The van der Waals surface area contributed by atoms with Crippen LogP contribution in [0.25, 0.3) is 10.9 Å². The number of nitrogens with zero attached hydrogens (tertiary/aromatic N) is 2. The molecule has 0 aliphatic rings. The van der Waals surface area contributed by atoms with Crippen molar-refractivity contribution in [3.63, 3.8) is 0 Å². The molecule has 1 heterocycles. The van der Waals surface area contributed by atoms with Gasteiger partial charge in [0, 0.05) is 17.5 Å². The second-order valence-electron chi connectivity index (χ2n) is 4.88. The van der Waals surface area contributed by atoms with Crippen molar-refractivity contribution in [1.82, 2.24) is 9.97 Å². The minimum absolute atomic E-state index is 0.173. The van der Waals surface area contributed by atoms with Gasteiger partial charge in [0.15, 0.2) is 0 Å². The molecule has 2 aromatic carbocycles. The third kappa shape index (κ3) is 2.79. The first-order chi connectivity index (χ1) is 10.3. The van der Waals surface area contributed by atoms with Crippen molar-refractivity contribution >= 4 is 16.7 Å². The maximum Gasteiger partial charge on any atom is 0.137 e. The van der Waals surface area contributed by atoms with E-state index in [1.807, 2.05) is 36.4 Å². The van der Waals surface area contributed by atoms with Crippen LogP contribution < -0.4 is 10.1 Å². The van der Waals surface area contributed by atoms with Crippen LogP contribution in [0, 0.1) is 0 Å². The van der Waals surface area contributed by atoms with Crippen molar-refractivity contribution in [2.75, 3.05) is 12.4 Å². The fourth-order valence-electron chi connectivity index (χ4n) is 2.31. The van der Waals surface area contributed by atoms with E-state index in [1.165, 1.54) is 5.56 Å². The highest BCUT2D eigenvalue weighted by atomic mass is 16.5. The minimum atomic E-state index is 0.173. The first-order valence-electron chi connectivity index (χ1n) is 6.88. The van der Waals surface area contributed by atoms with E-state index in [9.17, 15) is 0 Å². The van der Waals surface area contributed by atoms with Crippen LogP contribution in [0.4, 0.5) is 5.82 Å². The molecule has 0 radical (unpaired) electrons. The van der Waals surface area contributed by atoms with Crippen LogP contribution in [0.15, 0.2) is 54.9 Å². The number of ether oxygens (including phenoxy) is 1. The number of aromatic nitrogens is 2. The van der Waals surface area contributed by atoms with Crippen molar-refractivity contribution in [1.29, 1.82) is 0 Å². The van der Waals surface area contributed by atoms with E-state index >= 15 is 0 Å². The third-order valence-corrected chi connectivity index (χ3v) is 3.50. The van der Waals surface area contributed by atoms with E-state index in [4.69, 9.17) is 4.74 Å². The van der Waals surface area contributed by atoms with Crippen molar-refractivity contribution in [3.8, 4) is 5.75 Å². The van der Waals surface area contributed by atoms with Gasteiger partial charge in [-0.1, -0.05) is 30.3 Å². The summed E-state index contributed by atoms with van der Waals surface area (Å²) < 4.78 is 5.23. The fraction of sp³-hybridized carbons (Fsp3) is 0.176. The summed E-state index contributed by atoms with van der Waals surface area (Å²) in [6, 6.07) is 16.3. The molecule has 0 saturated carbocycles. The molecule has 0 unspecified atom stereocenters. The normalized spacial score (nSPS) is 12.1. The lowest BCUT2D eigenvalue weighted by atomic mass is 10.1. The Morgan fingerprint density at radius 1 is 1.05 bits per heavy atom. The van der Waals surface area contributed by atoms with Crippen LogP contribution in [-0.4, -0.2) is 17.1 Å². The average Bonchev–Trinajstić information content (AvgIpc) is 2.55. The number of anilines is 1. The van der Waals surface area contributed by atoms with Gasteiger partial charge in [-0.25, -0.2) is 9.97 Å². The zero-order valence-corrected chi connectivity index (χ0v) is 12.1. The van der Waals surface area contributed by atoms with Gasteiger partial charge in [-0.15, -0.1) is 0 Å². The molecular weight excluding hydrogens is 262 g/mol. The van der Waals surface area contributed by atoms with E-state index in [-0.39, 0.29) is 6.04 Å². The molecule has 3 aromatic rings. The van der Waals surface area contributed by atoms with Gasteiger partial charge in [0.2, 0.25) is 0 Å². The molecule has 0 spiro atoms. The van der Waals surface area contributed by atoms with Crippen LogP contribution in [0.3, 0.4) is 0 Å². The van der Waals surface area contributed by atoms with Gasteiger partial charge in [-0.2, -0.15) is 0 Å². The molecule has 0 aliphatic heterocycles. The number of rotatable bonds is 4. The van der Waals surface area contributed by atoms with Gasteiger partial charge < -0.3 is 10.1 Å². The van der Waals surface area contributed by atoms with Gasteiger partial charge in [0.1, 0.15) is 17.9 Å². The van der Waals surface area contributed by atoms with Crippen LogP contribution in [-0.2, 0) is 0 Å². The fourth-order valence-corrected chi connectivity index (χ4v) is 2.31. The van der Waals surface area contributed by atoms with Gasteiger partial charge in [0.05, 0.1) is 12.6 Å². The summed E-state index contributed by atoms with van der Waals surface area (Å²) >= 11 is 0. The van der Waals surface area contributed by atoms with E-state index in [2.05, 4.69) is 34.3 Å². The summed E-state index contributed by atoms with van der Waals surface area (Å²) in [5.74, 6) is 1.63. The molecule has 1 N–H and O–H groups in total. The van der Waals surface area contributed by atoms with Crippen LogP contribution in [0.1, 0.15) is 18.5 Å². The van der Waals surface area contributed by atoms with E-state index in [1.54, 1.807) is 13.4 Å². The predicted molar refractivity (Wildman–Crippen MR) is 84.6 cm³/mol. The topological polar surface area (TPSA) is 47.0 Å². The first-order valence-corrected chi connectivity index (χ1v) is 6.88. The second kappa shape index (κ2) is 5.79. The number of nitrogens with one attached hydrogen (secondary N) is 1. The largest absolute Gasteiger partial charge is 0.497 e. The van der Waals surface area contributed by atoms with Crippen molar-refractivity contribution in [3.05, 3.63) is 60.4 Å². The zero-order chi connectivity index (χ0) is 14.7. The smallest absolute Gasteiger partial charge is 0.137 e.